The minimum absolute atomic E-state index is 0.709. The molecule has 1 aromatic rings. The zero-order valence-corrected chi connectivity index (χ0v) is 7.82. The van der Waals surface area contributed by atoms with Gasteiger partial charge in [-0.05, 0) is 23.6 Å². The van der Waals surface area contributed by atoms with Crippen molar-refractivity contribution < 1.29 is 4.42 Å². The average molecular weight is 205 g/mol. The van der Waals surface area contributed by atoms with Gasteiger partial charge in [-0.25, -0.2) is 0 Å². The monoisotopic (exact) mass is 204 g/mol. The predicted molar refractivity (Wildman–Crippen MR) is 53.4 cm³/mol. The fourth-order valence-electron chi connectivity index (χ4n) is 1.57. The van der Waals surface area contributed by atoms with E-state index >= 15 is 0 Å². The van der Waals surface area contributed by atoms with Gasteiger partial charge in [-0.1, -0.05) is 17.7 Å². The van der Waals surface area contributed by atoms with E-state index in [4.69, 9.17) is 16.0 Å². The van der Waals surface area contributed by atoms with Gasteiger partial charge in [0.1, 0.15) is 5.69 Å². The Balaban J connectivity index is 2.50. The van der Waals surface area contributed by atoms with E-state index in [1.807, 2.05) is 24.3 Å². The molecule has 4 heteroatoms. The molecule has 0 spiro atoms. The lowest BCUT2D eigenvalue weighted by molar-refractivity contribution is 0.526. The maximum Gasteiger partial charge on any atom is 0.201 e. The van der Waals surface area contributed by atoms with Gasteiger partial charge in [0.05, 0.1) is 0 Å². The Morgan fingerprint density at radius 2 is 2.14 bits per heavy atom. The van der Waals surface area contributed by atoms with Crippen molar-refractivity contribution in [2.24, 2.45) is 0 Å². The quantitative estimate of drug-likeness (QED) is 0.565. The summed E-state index contributed by atoms with van der Waals surface area (Å²) in [5, 5.41) is 10.5. The molecule has 1 aliphatic carbocycles. The van der Waals surface area contributed by atoms with E-state index in [0.29, 0.717) is 5.02 Å². The molecule has 14 heavy (non-hydrogen) atoms. The smallest absolute Gasteiger partial charge is 0.201 e. The number of fused-ring (bicyclic) bond motifs is 3. The van der Waals surface area contributed by atoms with E-state index in [-0.39, 0.29) is 0 Å². The standard InChI is InChI=1S/C10H5ClN2O/c11-7-1-2-8-6(3-7)4-9-10(8)13-12-5-14-9/h1-5H. The van der Waals surface area contributed by atoms with Crippen LogP contribution in [-0.4, -0.2) is 10.2 Å². The number of halogens is 1. The van der Waals surface area contributed by atoms with Crippen LogP contribution in [0, 0.1) is 0 Å². The molecule has 0 amide bonds. The first-order chi connectivity index (χ1) is 6.84. The fraction of sp³-hybridized carbons (Fsp3) is 0. The van der Waals surface area contributed by atoms with Crippen molar-refractivity contribution in [1.29, 1.82) is 0 Å². The third-order valence-corrected chi connectivity index (χ3v) is 2.41. The van der Waals surface area contributed by atoms with Crippen LogP contribution in [0.3, 0.4) is 0 Å². The minimum atomic E-state index is 0.709. The Morgan fingerprint density at radius 3 is 3.07 bits per heavy atom. The molecule has 0 bridgehead atoms. The molecular formula is C10H5ClN2O. The van der Waals surface area contributed by atoms with E-state index in [2.05, 4.69) is 10.2 Å². The highest BCUT2D eigenvalue weighted by molar-refractivity contribution is 6.31. The van der Waals surface area contributed by atoms with E-state index < -0.39 is 0 Å². The van der Waals surface area contributed by atoms with Crippen molar-refractivity contribution in [2.75, 3.05) is 0 Å². The van der Waals surface area contributed by atoms with Gasteiger partial charge in [0.2, 0.25) is 6.39 Å². The Labute approximate surface area is 84.7 Å². The van der Waals surface area contributed by atoms with Crippen LogP contribution in [-0.2, 0) is 0 Å². The number of aromatic nitrogens is 2. The molecule has 68 valence electrons. The van der Waals surface area contributed by atoms with E-state index in [9.17, 15) is 0 Å². The number of hydrogen-bond acceptors (Lipinski definition) is 3. The second-order valence-corrected chi connectivity index (χ2v) is 3.46. The van der Waals surface area contributed by atoms with Crippen molar-refractivity contribution >= 4 is 22.4 Å². The summed E-state index contributed by atoms with van der Waals surface area (Å²) in [5.74, 6) is 0.734. The first-order valence-electron chi connectivity index (χ1n) is 4.13. The number of benzene rings is 1. The Bertz CT molecular complexity index is 575. The molecule has 0 saturated heterocycles. The molecular weight excluding hydrogens is 200 g/mol. The average Bonchev–Trinajstić information content (AvgIpc) is 2.54. The van der Waals surface area contributed by atoms with Crippen LogP contribution >= 0.6 is 11.6 Å². The lowest BCUT2D eigenvalue weighted by Crippen LogP contribution is -1.83. The normalized spacial score (nSPS) is 11.2. The van der Waals surface area contributed by atoms with Gasteiger partial charge in [-0.3, -0.25) is 0 Å². The van der Waals surface area contributed by atoms with Crippen LogP contribution in [0.5, 0.6) is 0 Å². The molecule has 1 aliphatic heterocycles. The van der Waals surface area contributed by atoms with E-state index in [1.165, 1.54) is 6.39 Å². The van der Waals surface area contributed by atoms with Gasteiger partial charge in [0, 0.05) is 10.4 Å². The van der Waals surface area contributed by atoms with Gasteiger partial charge in [-0.15, -0.1) is 10.2 Å². The summed E-state index contributed by atoms with van der Waals surface area (Å²) >= 11 is 5.88. The maximum absolute atomic E-state index is 5.88. The summed E-state index contributed by atoms with van der Waals surface area (Å²) in [7, 11) is 0. The number of nitrogens with zero attached hydrogens (tertiary/aromatic N) is 2. The highest BCUT2D eigenvalue weighted by atomic mass is 35.5. The molecule has 0 unspecified atom stereocenters. The van der Waals surface area contributed by atoms with Gasteiger partial charge in [0.15, 0.2) is 5.76 Å². The number of rotatable bonds is 0. The molecule has 0 N–H and O–H groups in total. The third-order valence-electron chi connectivity index (χ3n) is 2.17. The highest BCUT2D eigenvalue weighted by Crippen LogP contribution is 2.32. The van der Waals surface area contributed by atoms with Crippen molar-refractivity contribution in [3.8, 4) is 11.5 Å². The molecule has 0 saturated carbocycles. The van der Waals surface area contributed by atoms with E-state index in [0.717, 1.165) is 22.2 Å². The summed E-state index contributed by atoms with van der Waals surface area (Å²) in [5.41, 5.74) is 0.777. The zero-order valence-electron chi connectivity index (χ0n) is 7.07. The van der Waals surface area contributed by atoms with Crippen molar-refractivity contribution in [1.82, 2.24) is 10.2 Å². The lowest BCUT2D eigenvalue weighted by atomic mass is 10.2. The summed E-state index contributed by atoms with van der Waals surface area (Å²) in [6.07, 6.45) is 1.32. The van der Waals surface area contributed by atoms with Crippen LogP contribution in [0.2, 0.25) is 5.02 Å². The lowest BCUT2D eigenvalue weighted by Gasteiger charge is -1.93. The first-order valence-corrected chi connectivity index (χ1v) is 4.50. The summed E-state index contributed by atoms with van der Waals surface area (Å²) in [6.45, 7) is 0. The van der Waals surface area contributed by atoms with Crippen LogP contribution in [0.1, 0.15) is 0 Å². The SMILES string of the molecule is Clc1ccc2c3nncoc-3cc2c1. The highest BCUT2D eigenvalue weighted by Gasteiger charge is 2.13. The molecule has 0 aromatic heterocycles. The van der Waals surface area contributed by atoms with Gasteiger partial charge in [-0.2, -0.15) is 0 Å². The largest absolute Gasteiger partial charge is 0.442 e. The van der Waals surface area contributed by atoms with Crippen molar-refractivity contribution in [3.63, 3.8) is 0 Å². The molecule has 1 aromatic carbocycles. The zero-order chi connectivity index (χ0) is 9.54. The molecule has 3 nitrogen and oxygen atoms in total. The van der Waals surface area contributed by atoms with Crippen LogP contribution in [0.25, 0.3) is 22.2 Å². The predicted octanol–water partition coefficient (Wildman–Crippen LogP) is 2.98. The van der Waals surface area contributed by atoms with Gasteiger partial charge >= 0.3 is 0 Å². The Morgan fingerprint density at radius 1 is 1.21 bits per heavy atom. The molecule has 1 heterocycles. The topological polar surface area (TPSA) is 38.9 Å². The second kappa shape index (κ2) is 2.69. The fourth-order valence-corrected chi connectivity index (χ4v) is 1.75. The molecule has 0 fully saturated rings. The van der Waals surface area contributed by atoms with E-state index in [1.54, 1.807) is 0 Å². The van der Waals surface area contributed by atoms with Crippen molar-refractivity contribution in [3.05, 3.63) is 35.7 Å². The first kappa shape index (κ1) is 7.76. The molecule has 2 aliphatic rings. The van der Waals surface area contributed by atoms with Gasteiger partial charge < -0.3 is 4.42 Å². The van der Waals surface area contributed by atoms with Crippen molar-refractivity contribution in [2.45, 2.75) is 0 Å². The van der Waals surface area contributed by atoms with Gasteiger partial charge in [0.25, 0.3) is 0 Å². The summed E-state index contributed by atoms with van der Waals surface area (Å²) in [6, 6.07) is 7.54. The van der Waals surface area contributed by atoms with Crippen LogP contribution in [0.15, 0.2) is 35.1 Å². The minimum Gasteiger partial charge on any atom is -0.442 e. The molecule has 0 atom stereocenters. The summed E-state index contributed by atoms with van der Waals surface area (Å²) < 4.78 is 5.22. The Kier molecular flexibility index (Phi) is 1.49. The molecule has 0 radical (unpaired) electrons. The molecule has 3 rings (SSSR count). The number of hydrogen-bond donors (Lipinski definition) is 0. The summed E-state index contributed by atoms with van der Waals surface area (Å²) in [4.78, 5) is 0. The van der Waals surface area contributed by atoms with Crippen LogP contribution in [0.4, 0.5) is 0 Å². The third kappa shape index (κ3) is 0.992. The maximum atomic E-state index is 5.88. The van der Waals surface area contributed by atoms with Crippen LogP contribution < -0.4 is 0 Å². The Hall–Kier alpha value is -1.61. The second-order valence-electron chi connectivity index (χ2n) is 3.03.